The number of nitrogens with two attached hydrogens (primary N) is 1. The van der Waals surface area contributed by atoms with Gasteiger partial charge in [-0.05, 0) is 37.0 Å². The van der Waals surface area contributed by atoms with Crippen molar-refractivity contribution in [3.05, 3.63) is 23.3 Å². The standard InChI is InChI=1S/C14H21NO2/c1-9-6-12(16-2)14(13(7-9)17-3)11(15)8-10-4-5-10/h6-7,10-11H,4-5,8,15H2,1-3H3/t11-/m1/s1. The molecule has 0 amide bonds. The Balaban J connectivity index is 2.33. The van der Waals surface area contributed by atoms with Crippen LogP contribution in [0.2, 0.25) is 0 Å². The van der Waals surface area contributed by atoms with Crippen LogP contribution in [0.3, 0.4) is 0 Å². The van der Waals surface area contributed by atoms with E-state index >= 15 is 0 Å². The second-order valence-corrected chi connectivity index (χ2v) is 4.87. The van der Waals surface area contributed by atoms with Gasteiger partial charge in [-0.25, -0.2) is 0 Å². The first kappa shape index (κ1) is 12.2. The highest BCUT2D eigenvalue weighted by atomic mass is 16.5. The minimum Gasteiger partial charge on any atom is -0.496 e. The second-order valence-electron chi connectivity index (χ2n) is 4.87. The molecule has 1 saturated carbocycles. The molecule has 1 aliphatic carbocycles. The summed E-state index contributed by atoms with van der Waals surface area (Å²) in [6, 6.07) is 4.04. The molecule has 2 rings (SSSR count). The van der Waals surface area contributed by atoms with Crippen molar-refractivity contribution >= 4 is 0 Å². The summed E-state index contributed by atoms with van der Waals surface area (Å²) in [6.45, 7) is 2.03. The molecule has 0 aromatic heterocycles. The summed E-state index contributed by atoms with van der Waals surface area (Å²) in [5.74, 6) is 2.48. The highest BCUT2D eigenvalue weighted by molar-refractivity contribution is 5.49. The van der Waals surface area contributed by atoms with Crippen LogP contribution in [0.25, 0.3) is 0 Å². The van der Waals surface area contributed by atoms with Crippen molar-refractivity contribution in [1.29, 1.82) is 0 Å². The lowest BCUT2D eigenvalue weighted by Gasteiger charge is -2.19. The van der Waals surface area contributed by atoms with Gasteiger partial charge in [0, 0.05) is 6.04 Å². The van der Waals surface area contributed by atoms with Crippen LogP contribution in [-0.4, -0.2) is 14.2 Å². The van der Waals surface area contributed by atoms with Crippen molar-refractivity contribution in [3.8, 4) is 11.5 Å². The fraction of sp³-hybridized carbons (Fsp3) is 0.571. The minimum atomic E-state index is 0.00741. The largest absolute Gasteiger partial charge is 0.496 e. The lowest BCUT2D eigenvalue weighted by Crippen LogP contribution is -2.14. The van der Waals surface area contributed by atoms with E-state index in [4.69, 9.17) is 15.2 Å². The van der Waals surface area contributed by atoms with Crippen LogP contribution in [0.15, 0.2) is 12.1 Å². The first-order valence-electron chi connectivity index (χ1n) is 6.13. The Bertz CT molecular complexity index is 374. The summed E-state index contributed by atoms with van der Waals surface area (Å²) in [5.41, 5.74) is 8.41. The molecule has 0 radical (unpaired) electrons. The highest BCUT2D eigenvalue weighted by Crippen LogP contribution is 2.42. The molecular formula is C14H21NO2. The maximum absolute atomic E-state index is 6.28. The Morgan fingerprint density at radius 1 is 1.24 bits per heavy atom. The molecule has 3 nitrogen and oxygen atoms in total. The molecule has 1 aliphatic rings. The SMILES string of the molecule is COc1cc(C)cc(OC)c1[C@H](N)CC1CC1. The molecule has 0 heterocycles. The van der Waals surface area contributed by atoms with E-state index in [2.05, 4.69) is 0 Å². The van der Waals surface area contributed by atoms with Crippen molar-refractivity contribution in [2.24, 2.45) is 11.7 Å². The molecule has 1 atom stereocenters. The fourth-order valence-electron chi connectivity index (χ4n) is 2.27. The third-order valence-electron chi connectivity index (χ3n) is 3.34. The van der Waals surface area contributed by atoms with Crippen molar-refractivity contribution < 1.29 is 9.47 Å². The second kappa shape index (κ2) is 4.96. The normalized spacial score (nSPS) is 16.7. The van der Waals surface area contributed by atoms with Gasteiger partial charge in [0.15, 0.2) is 0 Å². The predicted molar refractivity (Wildman–Crippen MR) is 68.6 cm³/mol. The van der Waals surface area contributed by atoms with E-state index in [1.165, 1.54) is 12.8 Å². The van der Waals surface area contributed by atoms with Crippen LogP contribution < -0.4 is 15.2 Å². The van der Waals surface area contributed by atoms with E-state index < -0.39 is 0 Å². The molecule has 1 aromatic carbocycles. The van der Waals surface area contributed by atoms with Gasteiger partial charge in [0.05, 0.1) is 19.8 Å². The van der Waals surface area contributed by atoms with Crippen molar-refractivity contribution in [3.63, 3.8) is 0 Å². The average molecular weight is 235 g/mol. The van der Waals surface area contributed by atoms with Crippen LogP contribution in [-0.2, 0) is 0 Å². The van der Waals surface area contributed by atoms with Gasteiger partial charge in [-0.15, -0.1) is 0 Å². The van der Waals surface area contributed by atoms with Crippen LogP contribution in [0.5, 0.6) is 11.5 Å². The van der Waals surface area contributed by atoms with Gasteiger partial charge < -0.3 is 15.2 Å². The Kier molecular flexibility index (Phi) is 3.57. The van der Waals surface area contributed by atoms with Crippen molar-refractivity contribution in [1.82, 2.24) is 0 Å². The first-order chi connectivity index (χ1) is 8.15. The lowest BCUT2D eigenvalue weighted by molar-refractivity contribution is 0.375. The molecule has 0 saturated heterocycles. The molecule has 2 N–H and O–H groups in total. The Hall–Kier alpha value is -1.22. The van der Waals surface area contributed by atoms with Gasteiger partial charge in [-0.2, -0.15) is 0 Å². The molecule has 0 bridgehead atoms. The van der Waals surface area contributed by atoms with Crippen molar-refractivity contribution in [2.45, 2.75) is 32.2 Å². The van der Waals surface area contributed by atoms with E-state index in [0.717, 1.165) is 35.0 Å². The monoisotopic (exact) mass is 235 g/mol. The molecule has 17 heavy (non-hydrogen) atoms. The third kappa shape index (κ3) is 2.72. The summed E-state index contributed by atoms with van der Waals surface area (Å²) < 4.78 is 10.9. The number of hydrogen-bond acceptors (Lipinski definition) is 3. The summed E-state index contributed by atoms with van der Waals surface area (Å²) in [4.78, 5) is 0. The zero-order chi connectivity index (χ0) is 12.4. The number of aryl methyl sites for hydroxylation is 1. The number of benzene rings is 1. The van der Waals surface area contributed by atoms with Crippen LogP contribution >= 0.6 is 0 Å². The van der Waals surface area contributed by atoms with Gasteiger partial charge in [-0.1, -0.05) is 12.8 Å². The maximum Gasteiger partial charge on any atom is 0.127 e. The number of methoxy groups -OCH3 is 2. The summed E-state index contributed by atoms with van der Waals surface area (Å²) in [6.07, 6.45) is 3.64. The molecule has 0 unspecified atom stereocenters. The smallest absolute Gasteiger partial charge is 0.127 e. The number of hydrogen-bond donors (Lipinski definition) is 1. The Labute approximate surface area is 103 Å². The summed E-state index contributed by atoms with van der Waals surface area (Å²) in [7, 11) is 3.36. The van der Waals surface area contributed by atoms with E-state index in [0.29, 0.717) is 0 Å². The molecule has 3 heteroatoms. The molecule has 1 fully saturated rings. The summed E-state index contributed by atoms with van der Waals surface area (Å²) >= 11 is 0. The molecule has 0 spiro atoms. The van der Waals surface area contributed by atoms with Crippen LogP contribution in [0, 0.1) is 12.8 Å². The molecule has 94 valence electrons. The average Bonchev–Trinajstić information content (AvgIpc) is 3.11. The number of ether oxygens (including phenoxy) is 2. The van der Waals surface area contributed by atoms with E-state index in [1.54, 1.807) is 14.2 Å². The Morgan fingerprint density at radius 2 is 1.76 bits per heavy atom. The van der Waals surface area contributed by atoms with Gasteiger partial charge in [-0.3, -0.25) is 0 Å². The highest BCUT2D eigenvalue weighted by Gasteiger charge is 2.27. The lowest BCUT2D eigenvalue weighted by atomic mass is 9.98. The van der Waals surface area contributed by atoms with Crippen molar-refractivity contribution in [2.75, 3.05) is 14.2 Å². The Morgan fingerprint density at radius 3 is 2.18 bits per heavy atom. The van der Waals surface area contributed by atoms with Crippen LogP contribution in [0.4, 0.5) is 0 Å². The van der Waals surface area contributed by atoms with Gasteiger partial charge in [0.2, 0.25) is 0 Å². The zero-order valence-electron chi connectivity index (χ0n) is 10.8. The fourth-order valence-corrected chi connectivity index (χ4v) is 2.27. The van der Waals surface area contributed by atoms with E-state index in [-0.39, 0.29) is 6.04 Å². The minimum absolute atomic E-state index is 0.00741. The topological polar surface area (TPSA) is 44.5 Å². The zero-order valence-corrected chi connectivity index (χ0v) is 10.8. The van der Waals surface area contributed by atoms with Gasteiger partial charge >= 0.3 is 0 Å². The summed E-state index contributed by atoms with van der Waals surface area (Å²) in [5, 5.41) is 0. The predicted octanol–water partition coefficient (Wildman–Crippen LogP) is 2.81. The quantitative estimate of drug-likeness (QED) is 0.853. The third-order valence-corrected chi connectivity index (χ3v) is 3.34. The molecular weight excluding hydrogens is 214 g/mol. The van der Waals surface area contributed by atoms with Crippen LogP contribution in [0.1, 0.15) is 36.4 Å². The van der Waals surface area contributed by atoms with E-state index in [9.17, 15) is 0 Å². The van der Waals surface area contributed by atoms with Gasteiger partial charge in [0.25, 0.3) is 0 Å². The maximum atomic E-state index is 6.28. The first-order valence-corrected chi connectivity index (χ1v) is 6.13. The van der Waals surface area contributed by atoms with Gasteiger partial charge in [0.1, 0.15) is 11.5 Å². The van der Waals surface area contributed by atoms with E-state index in [1.807, 2.05) is 19.1 Å². The molecule has 1 aromatic rings. The number of rotatable bonds is 5. The molecule has 0 aliphatic heterocycles.